The summed E-state index contributed by atoms with van der Waals surface area (Å²) in [5.41, 5.74) is 1.03. The monoisotopic (exact) mass is 210 g/mol. The second kappa shape index (κ2) is 3.44. The molecule has 11 heavy (non-hydrogen) atoms. The number of pyridine rings is 2. The molecule has 0 saturated heterocycles. The van der Waals surface area contributed by atoms with Crippen LogP contribution in [0.25, 0.3) is 10.9 Å². The van der Waals surface area contributed by atoms with Crippen LogP contribution in [0.1, 0.15) is 0 Å². The molecule has 0 bridgehead atoms. The molecule has 2 aromatic heterocycles. The highest BCUT2D eigenvalue weighted by molar-refractivity contribution is 5.75. The van der Waals surface area contributed by atoms with Crippen LogP contribution >= 0.6 is 0 Å². The van der Waals surface area contributed by atoms with Crippen LogP contribution < -0.4 is 22.0 Å². The van der Waals surface area contributed by atoms with Gasteiger partial charge in [0.15, 0.2) is 12.4 Å². The van der Waals surface area contributed by atoms with E-state index in [0.29, 0.717) is 0 Å². The number of aromatic nitrogens is 2. The minimum Gasteiger partial charge on any atom is -1.00 e. The van der Waals surface area contributed by atoms with Crippen molar-refractivity contribution in [2.24, 2.45) is 0 Å². The fourth-order valence-corrected chi connectivity index (χ4v) is 0.956. The van der Waals surface area contributed by atoms with Crippen molar-refractivity contribution in [3.63, 3.8) is 0 Å². The van der Waals surface area contributed by atoms with E-state index in [1.165, 1.54) is 0 Å². The molecule has 56 valence electrons. The Bertz CT molecular complexity index is 283. The van der Waals surface area contributed by atoms with Gasteiger partial charge in [0, 0.05) is 12.3 Å². The zero-order valence-corrected chi connectivity index (χ0v) is 7.38. The van der Waals surface area contributed by atoms with E-state index in [0.717, 1.165) is 10.9 Å². The van der Waals surface area contributed by atoms with Crippen LogP contribution in [0.3, 0.4) is 0 Å². The topological polar surface area (TPSA) is 27.0 Å². The quantitative estimate of drug-likeness (QED) is 0.497. The van der Waals surface area contributed by atoms with Gasteiger partial charge in [-0.05, 0) is 12.1 Å². The number of hydrogen-bond acceptors (Lipinski definition) is 1. The molecule has 2 heterocycles. The highest BCUT2D eigenvalue weighted by atomic mass is 79.9. The molecule has 2 rings (SSSR count). The fraction of sp³-hybridized carbons (Fsp3) is 0. The summed E-state index contributed by atoms with van der Waals surface area (Å²) in [6, 6.07) is 5.91. The first kappa shape index (κ1) is 8.14. The number of nitrogens with zero attached hydrogens (tertiary/aromatic N) is 1. The van der Waals surface area contributed by atoms with E-state index in [1.54, 1.807) is 6.20 Å². The van der Waals surface area contributed by atoms with Crippen LogP contribution in [0.4, 0.5) is 0 Å². The van der Waals surface area contributed by atoms with Gasteiger partial charge in [-0.2, -0.15) is 0 Å². The van der Waals surface area contributed by atoms with Crippen molar-refractivity contribution < 1.29 is 22.0 Å². The Morgan fingerprint density at radius 2 is 2.18 bits per heavy atom. The second-order valence-corrected chi connectivity index (χ2v) is 2.12. The first-order valence-corrected chi connectivity index (χ1v) is 3.18. The summed E-state index contributed by atoms with van der Waals surface area (Å²) in [6.07, 6.45) is 5.60. The first-order valence-electron chi connectivity index (χ1n) is 3.18. The molecule has 2 aromatic rings. The van der Waals surface area contributed by atoms with Crippen molar-refractivity contribution >= 4 is 10.9 Å². The molecule has 0 aliphatic rings. The first-order chi connectivity index (χ1) is 4.97. The maximum Gasteiger partial charge on any atom is 0.176 e. The van der Waals surface area contributed by atoms with Crippen LogP contribution in [0.15, 0.2) is 36.8 Å². The molecule has 3 heteroatoms. The van der Waals surface area contributed by atoms with Crippen molar-refractivity contribution in [3.8, 4) is 0 Å². The lowest BCUT2D eigenvalue weighted by atomic mass is 10.3. The van der Waals surface area contributed by atoms with Gasteiger partial charge in [0.2, 0.25) is 0 Å². The molecular formula is C8H7BrN2. The van der Waals surface area contributed by atoms with Crippen LogP contribution in [0.5, 0.6) is 0 Å². The van der Waals surface area contributed by atoms with Crippen molar-refractivity contribution in [2.75, 3.05) is 0 Å². The Balaban J connectivity index is 0.000000605. The zero-order valence-electron chi connectivity index (χ0n) is 5.79. The van der Waals surface area contributed by atoms with Crippen molar-refractivity contribution in [3.05, 3.63) is 36.8 Å². The standard InChI is InChI=1S/C8H6N2.BrH/c1-2-7-6-9-5-3-8(7)10-4-1;/h1-6H;1H. The van der Waals surface area contributed by atoms with Gasteiger partial charge < -0.3 is 17.0 Å². The predicted octanol–water partition coefficient (Wildman–Crippen LogP) is -1.95. The Morgan fingerprint density at radius 3 is 3.00 bits per heavy atom. The summed E-state index contributed by atoms with van der Waals surface area (Å²) in [5.74, 6) is 0. The molecule has 0 aliphatic carbocycles. The van der Waals surface area contributed by atoms with Gasteiger partial charge in [-0.1, -0.05) is 0 Å². The summed E-state index contributed by atoms with van der Waals surface area (Å²) in [7, 11) is 0. The van der Waals surface area contributed by atoms with Crippen molar-refractivity contribution in [1.29, 1.82) is 0 Å². The molecule has 0 aliphatic heterocycles. The minimum atomic E-state index is 0. The molecule has 1 N–H and O–H groups in total. The van der Waals surface area contributed by atoms with Gasteiger partial charge in [-0.15, -0.1) is 0 Å². The third-order valence-corrected chi connectivity index (χ3v) is 1.45. The summed E-state index contributed by atoms with van der Waals surface area (Å²) in [5, 5.41) is 1.14. The summed E-state index contributed by atoms with van der Waals surface area (Å²) in [6.45, 7) is 0. The molecular weight excluding hydrogens is 204 g/mol. The van der Waals surface area contributed by atoms with Gasteiger partial charge in [0.25, 0.3) is 0 Å². The lowest BCUT2D eigenvalue weighted by molar-refractivity contribution is -0.375. The number of H-pyrrole nitrogens is 1. The number of aromatic amines is 1. The lowest BCUT2D eigenvalue weighted by Crippen LogP contribution is -3.00. The molecule has 0 fully saturated rings. The maximum absolute atomic E-state index is 4.16. The zero-order chi connectivity index (χ0) is 6.81. The molecule has 0 aromatic carbocycles. The van der Waals surface area contributed by atoms with E-state index < -0.39 is 0 Å². The molecule has 0 amide bonds. The molecule has 0 unspecified atom stereocenters. The average Bonchev–Trinajstić information content (AvgIpc) is 2.05. The Labute approximate surface area is 75.1 Å². The fourth-order valence-electron chi connectivity index (χ4n) is 0.956. The SMILES string of the molecule is [Br-].c1cnc2cc[nH+]cc2c1. The van der Waals surface area contributed by atoms with Gasteiger partial charge in [-0.3, -0.25) is 4.98 Å². The highest BCUT2D eigenvalue weighted by Gasteiger charge is 1.91. The van der Waals surface area contributed by atoms with Gasteiger partial charge >= 0.3 is 0 Å². The lowest BCUT2D eigenvalue weighted by Gasteiger charge is -1.87. The van der Waals surface area contributed by atoms with E-state index in [1.807, 2.05) is 30.6 Å². The number of fused-ring (bicyclic) bond motifs is 1. The Kier molecular flexibility index (Phi) is 2.54. The third kappa shape index (κ3) is 1.54. The molecule has 0 atom stereocenters. The van der Waals surface area contributed by atoms with Crippen LogP contribution in [-0.2, 0) is 0 Å². The largest absolute Gasteiger partial charge is 1.00 e. The number of rotatable bonds is 0. The average molecular weight is 211 g/mol. The Morgan fingerprint density at radius 1 is 1.27 bits per heavy atom. The summed E-state index contributed by atoms with van der Waals surface area (Å²) < 4.78 is 0. The van der Waals surface area contributed by atoms with Crippen LogP contribution in [0, 0.1) is 0 Å². The predicted molar refractivity (Wildman–Crippen MR) is 38.3 cm³/mol. The van der Waals surface area contributed by atoms with Crippen LogP contribution in [0.2, 0.25) is 0 Å². The number of halogens is 1. The second-order valence-electron chi connectivity index (χ2n) is 2.12. The van der Waals surface area contributed by atoms with E-state index in [9.17, 15) is 0 Å². The molecule has 2 nitrogen and oxygen atoms in total. The van der Waals surface area contributed by atoms with E-state index in [-0.39, 0.29) is 17.0 Å². The van der Waals surface area contributed by atoms with Gasteiger partial charge in [-0.25, -0.2) is 4.98 Å². The normalized spacial score (nSPS) is 9.09. The van der Waals surface area contributed by atoms with E-state index >= 15 is 0 Å². The minimum absolute atomic E-state index is 0. The van der Waals surface area contributed by atoms with E-state index in [2.05, 4.69) is 9.97 Å². The van der Waals surface area contributed by atoms with Crippen LogP contribution in [-0.4, -0.2) is 4.98 Å². The van der Waals surface area contributed by atoms with E-state index in [4.69, 9.17) is 0 Å². The highest BCUT2D eigenvalue weighted by Crippen LogP contribution is 2.04. The summed E-state index contributed by atoms with van der Waals surface area (Å²) in [4.78, 5) is 7.16. The van der Waals surface area contributed by atoms with Crippen molar-refractivity contribution in [1.82, 2.24) is 4.98 Å². The van der Waals surface area contributed by atoms with Gasteiger partial charge in [0.1, 0.15) is 0 Å². The van der Waals surface area contributed by atoms with Crippen molar-refractivity contribution in [2.45, 2.75) is 0 Å². The molecule has 0 radical (unpaired) electrons. The molecule has 0 spiro atoms. The smallest absolute Gasteiger partial charge is 0.176 e. The number of nitrogens with one attached hydrogen (secondary N) is 1. The molecule has 0 saturated carbocycles. The summed E-state index contributed by atoms with van der Waals surface area (Å²) >= 11 is 0. The third-order valence-electron chi connectivity index (χ3n) is 1.45. The Hall–Kier alpha value is -0.960. The van der Waals surface area contributed by atoms with Gasteiger partial charge in [0.05, 0.1) is 10.9 Å². The number of hydrogen-bond donors (Lipinski definition) is 0. The maximum atomic E-state index is 4.16.